The van der Waals surface area contributed by atoms with Crippen molar-refractivity contribution in [3.05, 3.63) is 78.6 Å². The zero-order chi connectivity index (χ0) is 21.0. The molecule has 3 aromatic rings. The third-order valence-corrected chi connectivity index (χ3v) is 7.04. The molecular formula is C22H25N3O4S. The average Bonchev–Trinajstić information content (AvgIpc) is 3.34. The maximum absolute atomic E-state index is 12.9. The van der Waals surface area contributed by atoms with E-state index < -0.39 is 15.6 Å². The van der Waals surface area contributed by atoms with Gasteiger partial charge < -0.3 is 9.84 Å². The lowest BCUT2D eigenvalue weighted by Gasteiger charge is -2.39. The molecule has 4 rings (SSSR count). The summed E-state index contributed by atoms with van der Waals surface area (Å²) >= 11 is 0. The Kier molecular flexibility index (Phi) is 6.01. The van der Waals surface area contributed by atoms with E-state index in [2.05, 4.69) is 9.82 Å². The van der Waals surface area contributed by atoms with Gasteiger partial charge in [-0.1, -0.05) is 30.3 Å². The van der Waals surface area contributed by atoms with Gasteiger partial charge in [0.1, 0.15) is 5.60 Å². The lowest BCUT2D eigenvalue weighted by Crippen LogP contribution is -2.47. The number of sulfonamides is 1. The average molecular weight is 428 g/mol. The van der Waals surface area contributed by atoms with Crippen LogP contribution >= 0.6 is 0 Å². The Morgan fingerprint density at radius 1 is 1.07 bits per heavy atom. The van der Waals surface area contributed by atoms with Crippen molar-refractivity contribution in [2.24, 2.45) is 5.92 Å². The number of aromatic nitrogens is 2. The number of hydrogen-bond donors (Lipinski definition) is 2. The van der Waals surface area contributed by atoms with E-state index in [1.165, 1.54) is 12.1 Å². The van der Waals surface area contributed by atoms with E-state index in [-0.39, 0.29) is 17.4 Å². The minimum absolute atomic E-state index is 0.0986. The highest BCUT2D eigenvalue weighted by molar-refractivity contribution is 7.89. The number of nitrogens with one attached hydrogen (secondary N) is 1. The van der Waals surface area contributed by atoms with Crippen molar-refractivity contribution < 1.29 is 18.3 Å². The molecule has 30 heavy (non-hydrogen) atoms. The van der Waals surface area contributed by atoms with E-state index in [4.69, 9.17) is 4.74 Å². The van der Waals surface area contributed by atoms with Crippen molar-refractivity contribution >= 4 is 10.0 Å². The van der Waals surface area contributed by atoms with Crippen LogP contribution in [0.15, 0.2) is 78.0 Å². The normalized spacial score (nSPS) is 17.5. The summed E-state index contributed by atoms with van der Waals surface area (Å²) in [5.41, 5.74) is 0.156. The lowest BCUT2D eigenvalue weighted by atomic mass is 9.77. The van der Waals surface area contributed by atoms with Crippen LogP contribution in [0.1, 0.15) is 18.4 Å². The first kappa shape index (κ1) is 20.7. The Morgan fingerprint density at radius 3 is 2.40 bits per heavy atom. The Hall–Kier alpha value is -2.52. The molecule has 0 unspecified atom stereocenters. The van der Waals surface area contributed by atoms with Crippen molar-refractivity contribution in [2.75, 3.05) is 19.8 Å². The van der Waals surface area contributed by atoms with Crippen LogP contribution < -0.4 is 4.72 Å². The molecule has 1 aromatic heterocycles. The summed E-state index contributed by atoms with van der Waals surface area (Å²) in [6.45, 7) is 1.01. The monoisotopic (exact) mass is 427 g/mol. The second-order valence-corrected chi connectivity index (χ2v) is 9.21. The summed E-state index contributed by atoms with van der Waals surface area (Å²) in [5.74, 6) is -0.0986. The molecule has 0 spiro atoms. The van der Waals surface area contributed by atoms with Crippen LogP contribution in [0.2, 0.25) is 0 Å². The first-order valence-corrected chi connectivity index (χ1v) is 11.4. The van der Waals surface area contributed by atoms with Crippen LogP contribution in [-0.2, 0) is 20.4 Å². The molecule has 0 aliphatic carbocycles. The second-order valence-electron chi connectivity index (χ2n) is 7.45. The molecule has 0 saturated carbocycles. The molecule has 1 saturated heterocycles. The summed E-state index contributed by atoms with van der Waals surface area (Å²) in [7, 11) is -3.80. The van der Waals surface area contributed by atoms with E-state index in [0.717, 1.165) is 5.69 Å². The largest absolute Gasteiger partial charge is 0.383 e. The van der Waals surface area contributed by atoms with Gasteiger partial charge >= 0.3 is 0 Å². The molecule has 158 valence electrons. The van der Waals surface area contributed by atoms with Crippen LogP contribution in [0.25, 0.3) is 5.69 Å². The summed E-state index contributed by atoms with van der Waals surface area (Å²) in [6, 6.07) is 17.5. The summed E-state index contributed by atoms with van der Waals surface area (Å²) < 4.78 is 35.6. The van der Waals surface area contributed by atoms with Gasteiger partial charge in [0, 0.05) is 32.2 Å². The molecule has 2 aromatic carbocycles. The molecule has 8 heteroatoms. The zero-order valence-electron chi connectivity index (χ0n) is 16.5. The van der Waals surface area contributed by atoms with Crippen molar-refractivity contribution in [2.45, 2.75) is 23.3 Å². The number of benzene rings is 2. The molecule has 1 atom stereocenters. The third kappa shape index (κ3) is 4.32. The van der Waals surface area contributed by atoms with E-state index in [1.54, 1.807) is 35.3 Å². The van der Waals surface area contributed by atoms with Crippen LogP contribution in [0.3, 0.4) is 0 Å². The minimum Gasteiger partial charge on any atom is -0.383 e. The maximum Gasteiger partial charge on any atom is 0.240 e. The van der Waals surface area contributed by atoms with Crippen LogP contribution in [0, 0.1) is 5.92 Å². The minimum atomic E-state index is -3.80. The SMILES string of the molecule is O=S(=O)(NC[C@](O)(c1ccccc1)C1CCOCC1)c1ccc(-n2cccn2)cc1. The van der Waals surface area contributed by atoms with Gasteiger partial charge in [-0.3, -0.25) is 0 Å². The smallest absolute Gasteiger partial charge is 0.240 e. The predicted octanol–water partition coefficient (Wildman–Crippen LogP) is 2.46. The maximum atomic E-state index is 12.9. The van der Waals surface area contributed by atoms with Crippen molar-refractivity contribution in [1.29, 1.82) is 0 Å². The lowest BCUT2D eigenvalue weighted by molar-refractivity contribution is -0.0663. The van der Waals surface area contributed by atoms with Gasteiger partial charge in [0.2, 0.25) is 10.0 Å². The molecule has 1 fully saturated rings. The van der Waals surface area contributed by atoms with E-state index in [0.29, 0.717) is 31.6 Å². The van der Waals surface area contributed by atoms with Crippen LogP contribution in [0.4, 0.5) is 0 Å². The second kappa shape index (κ2) is 8.69. The number of ether oxygens (including phenoxy) is 1. The van der Waals surface area contributed by atoms with Gasteiger partial charge in [-0.2, -0.15) is 5.10 Å². The van der Waals surface area contributed by atoms with Gasteiger partial charge in [-0.25, -0.2) is 17.8 Å². The Bertz CT molecular complexity index is 1050. The third-order valence-electron chi connectivity index (χ3n) is 5.62. The highest BCUT2D eigenvalue weighted by Crippen LogP contribution is 2.36. The molecule has 1 aliphatic heterocycles. The summed E-state index contributed by atoms with van der Waals surface area (Å²) in [4.78, 5) is 0.140. The van der Waals surface area contributed by atoms with Crippen molar-refractivity contribution in [1.82, 2.24) is 14.5 Å². The number of nitrogens with zero attached hydrogens (tertiary/aromatic N) is 2. The number of rotatable bonds is 7. The van der Waals surface area contributed by atoms with Gasteiger partial charge in [-0.15, -0.1) is 0 Å². The first-order chi connectivity index (χ1) is 14.5. The van der Waals surface area contributed by atoms with Gasteiger partial charge in [-0.05, 0) is 54.7 Å². The standard InChI is InChI=1S/C22H25N3O4S/c26-22(18-5-2-1-3-6-18,19-11-15-29-16-12-19)17-24-30(27,28)21-9-7-20(8-10-21)25-14-4-13-23-25/h1-10,13-14,19,24,26H,11-12,15-17H2/t22-/m0/s1. The van der Waals surface area contributed by atoms with E-state index in [1.807, 2.05) is 30.3 Å². The molecule has 2 heterocycles. The Balaban J connectivity index is 1.55. The highest BCUT2D eigenvalue weighted by Gasteiger charge is 2.40. The van der Waals surface area contributed by atoms with E-state index >= 15 is 0 Å². The van der Waals surface area contributed by atoms with Gasteiger partial charge in [0.05, 0.1) is 10.6 Å². The Labute approximate surface area is 176 Å². The molecule has 0 amide bonds. The molecule has 2 N–H and O–H groups in total. The topological polar surface area (TPSA) is 93.5 Å². The molecular weight excluding hydrogens is 402 g/mol. The number of aliphatic hydroxyl groups is 1. The van der Waals surface area contributed by atoms with Gasteiger partial charge in [0.15, 0.2) is 0 Å². The predicted molar refractivity (Wildman–Crippen MR) is 113 cm³/mol. The molecule has 0 bridgehead atoms. The molecule has 0 radical (unpaired) electrons. The number of hydrogen-bond acceptors (Lipinski definition) is 5. The fourth-order valence-electron chi connectivity index (χ4n) is 3.87. The molecule has 7 nitrogen and oxygen atoms in total. The van der Waals surface area contributed by atoms with Gasteiger partial charge in [0.25, 0.3) is 0 Å². The molecule has 1 aliphatic rings. The zero-order valence-corrected chi connectivity index (χ0v) is 17.3. The van der Waals surface area contributed by atoms with Crippen molar-refractivity contribution in [3.63, 3.8) is 0 Å². The fraction of sp³-hybridized carbons (Fsp3) is 0.318. The van der Waals surface area contributed by atoms with Crippen LogP contribution in [0.5, 0.6) is 0 Å². The van der Waals surface area contributed by atoms with Crippen LogP contribution in [-0.4, -0.2) is 43.1 Å². The first-order valence-electron chi connectivity index (χ1n) is 9.94. The fourth-order valence-corrected chi connectivity index (χ4v) is 4.94. The quantitative estimate of drug-likeness (QED) is 0.604. The van der Waals surface area contributed by atoms with E-state index in [9.17, 15) is 13.5 Å². The summed E-state index contributed by atoms with van der Waals surface area (Å²) in [5, 5.41) is 15.7. The Morgan fingerprint density at radius 2 is 1.77 bits per heavy atom. The van der Waals surface area contributed by atoms with Crippen molar-refractivity contribution in [3.8, 4) is 5.69 Å². The highest BCUT2D eigenvalue weighted by atomic mass is 32.2. The summed E-state index contributed by atoms with van der Waals surface area (Å²) in [6.07, 6.45) is 4.79.